The molecule has 5 aliphatic heterocycles. The first-order chi connectivity index (χ1) is 11.1. The Balaban J connectivity index is 1.47. The van der Waals surface area contributed by atoms with Crippen LogP contribution in [0.1, 0.15) is 6.92 Å². The van der Waals surface area contributed by atoms with Crippen molar-refractivity contribution >= 4 is 12.1 Å². The number of fused-ring (bicyclic) bond motifs is 1. The maximum Gasteiger partial charge on any atom is 0.323 e. The molecule has 5 unspecified atom stereocenters. The molecule has 0 bridgehead atoms. The number of carbonyl (C=O) groups is 2. The lowest BCUT2D eigenvalue weighted by Crippen LogP contribution is -2.59. The third-order valence-corrected chi connectivity index (χ3v) is 5.28. The van der Waals surface area contributed by atoms with Crippen molar-refractivity contribution in [2.75, 3.05) is 39.5 Å². The van der Waals surface area contributed by atoms with Gasteiger partial charge in [0, 0.05) is 0 Å². The SMILES string of the molecule is CC12C(NC(=O)N1CC1CO1)N(CC1CO1)C(=O)N2CC1CO1. The van der Waals surface area contributed by atoms with Crippen LogP contribution in [0, 0.1) is 0 Å². The highest BCUT2D eigenvalue weighted by Crippen LogP contribution is 2.41. The van der Waals surface area contributed by atoms with Crippen LogP contribution in [0.2, 0.25) is 0 Å². The van der Waals surface area contributed by atoms with E-state index in [0.29, 0.717) is 39.5 Å². The van der Waals surface area contributed by atoms with Gasteiger partial charge in [-0.1, -0.05) is 0 Å². The molecule has 0 aliphatic carbocycles. The molecule has 1 N–H and O–H groups in total. The lowest BCUT2D eigenvalue weighted by Gasteiger charge is -2.39. The van der Waals surface area contributed by atoms with Crippen LogP contribution >= 0.6 is 0 Å². The summed E-state index contributed by atoms with van der Waals surface area (Å²) in [6, 6.07) is -0.214. The fourth-order valence-electron chi connectivity index (χ4n) is 3.67. The Bertz CT molecular complexity index is 561. The topological polar surface area (TPSA) is 93.5 Å². The summed E-state index contributed by atoms with van der Waals surface area (Å²) >= 11 is 0. The predicted octanol–water partition coefficient (Wildman–Crippen LogP) is -1.01. The molecule has 0 aromatic carbocycles. The van der Waals surface area contributed by atoms with Gasteiger partial charge in [0.05, 0.1) is 57.8 Å². The minimum atomic E-state index is -0.721. The fraction of sp³-hybridized carbons (Fsp3) is 0.857. The molecule has 0 saturated carbocycles. The van der Waals surface area contributed by atoms with Gasteiger partial charge in [-0.05, 0) is 6.92 Å². The highest BCUT2D eigenvalue weighted by molar-refractivity contribution is 5.86. The Hall–Kier alpha value is -1.58. The quantitative estimate of drug-likeness (QED) is 0.632. The van der Waals surface area contributed by atoms with E-state index in [9.17, 15) is 9.59 Å². The van der Waals surface area contributed by atoms with Crippen molar-refractivity contribution in [1.82, 2.24) is 20.0 Å². The van der Waals surface area contributed by atoms with Crippen LogP contribution in [-0.4, -0.2) is 96.4 Å². The third kappa shape index (κ3) is 2.10. The molecular weight excluding hydrogens is 304 g/mol. The first kappa shape index (κ1) is 13.8. The van der Waals surface area contributed by atoms with Gasteiger partial charge in [-0.2, -0.15) is 0 Å². The molecule has 0 aromatic heterocycles. The number of carbonyl (C=O) groups excluding carboxylic acids is 2. The molecule has 23 heavy (non-hydrogen) atoms. The summed E-state index contributed by atoms with van der Waals surface area (Å²) in [6.45, 7) is 5.48. The predicted molar refractivity (Wildman–Crippen MR) is 75.5 cm³/mol. The van der Waals surface area contributed by atoms with Crippen LogP contribution in [0.3, 0.4) is 0 Å². The number of urea groups is 2. The zero-order valence-corrected chi connectivity index (χ0v) is 12.9. The van der Waals surface area contributed by atoms with Gasteiger partial charge >= 0.3 is 12.1 Å². The van der Waals surface area contributed by atoms with Crippen molar-refractivity contribution in [2.45, 2.75) is 37.1 Å². The Kier molecular flexibility index (Phi) is 2.70. The van der Waals surface area contributed by atoms with E-state index in [2.05, 4.69) is 5.32 Å². The van der Waals surface area contributed by atoms with Crippen molar-refractivity contribution in [3.8, 4) is 0 Å². The molecule has 5 aliphatic rings. The molecule has 5 fully saturated rings. The van der Waals surface area contributed by atoms with Crippen LogP contribution in [0.5, 0.6) is 0 Å². The second-order valence-electron chi connectivity index (χ2n) is 6.97. The first-order valence-electron chi connectivity index (χ1n) is 8.08. The van der Waals surface area contributed by atoms with Crippen LogP contribution < -0.4 is 5.32 Å². The molecule has 0 aromatic rings. The minimum Gasteiger partial charge on any atom is -0.371 e. The van der Waals surface area contributed by atoms with E-state index in [-0.39, 0.29) is 36.5 Å². The molecule has 0 radical (unpaired) electrons. The van der Waals surface area contributed by atoms with Crippen molar-refractivity contribution in [1.29, 1.82) is 0 Å². The Labute approximate surface area is 133 Å². The van der Waals surface area contributed by atoms with E-state index >= 15 is 0 Å². The van der Waals surface area contributed by atoms with E-state index in [4.69, 9.17) is 14.2 Å². The van der Waals surface area contributed by atoms with E-state index < -0.39 is 5.66 Å². The van der Waals surface area contributed by atoms with E-state index in [1.165, 1.54) is 0 Å². The summed E-state index contributed by atoms with van der Waals surface area (Å²) in [6.07, 6.45) is -0.142. The lowest BCUT2D eigenvalue weighted by molar-refractivity contribution is 0.0327. The molecule has 9 heteroatoms. The maximum atomic E-state index is 12.9. The number of hydrogen-bond donors (Lipinski definition) is 1. The standard InChI is InChI=1S/C14H20N4O5/c1-14-11(15-12(19)17(14)3-9-6-22-9)16(2-8-5-21-8)13(20)18(14)4-10-7-23-10/h8-11H,2-7H2,1H3,(H,15,19). The van der Waals surface area contributed by atoms with Crippen molar-refractivity contribution < 1.29 is 23.8 Å². The van der Waals surface area contributed by atoms with Gasteiger partial charge in [-0.25, -0.2) is 9.59 Å². The lowest BCUT2D eigenvalue weighted by atomic mass is 10.1. The number of hydrogen-bond acceptors (Lipinski definition) is 5. The van der Waals surface area contributed by atoms with Gasteiger partial charge in [0.25, 0.3) is 0 Å². The zero-order valence-electron chi connectivity index (χ0n) is 12.9. The summed E-state index contributed by atoms with van der Waals surface area (Å²) in [4.78, 5) is 30.7. The number of amides is 4. The number of ether oxygens (including phenoxy) is 3. The first-order valence-corrected chi connectivity index (χ1v) is 8.08. The number of nitrogens with zero attached hydrogens (tertiary/aromatic N) is 3. The van der Waals surface area contributed by atoms with Crippen LogP contribution in [0.4, 0.5) is 9.59 Å². The van der Waals surface area contributed by atoms with Crippen LogP contribution in [-0.2, 0) is 14.2 Å². The van der Waals surface area contributed by atoms with Gasteiger partial charge < -0.3 is 19.5 Å². The summed E-state index contributed by atoms with van der Waals surface area (Å²) in [5.41, 5.74) is -0.721. The van der Waals surface area contributed by atoms with Gasteiger partial charge in [0.15, 0.2) is 5.66 Å². The highest BCUT2D eigenvalue weighted by atomic mass is 16.6. The Morgan fingerprint density at radius 2 is 1.52 bits per heavy atom. The molecule has 5 atom stereocenters. The normalized spacial score (nSPS) is 43.8. The maximum absolute atomic E-state index is 12.9. The summed E-state index contributed by atoms with van der Waals surface area (Å²) in [7, 11) is 0. The molecule has 9 nitrogen and oxygen atoms in total. The number of rotatable bonds is 6. The summed E-state index contributed by atoms with van der Waals surface area (Å²) in [5, 5.41) is 2.98. The molecule has 5 saturated heterocycles. The van der Waals surface area contributed by atoms with E-state index in [1.807, 2.05) is 6.92 Å². The molecular formula is C14H20N4O5. The van der Waals surface area contributed by atoms with E-state index in [1.54, 1.807) is 14.7 Å². The summed E-state index contributed by atoms with van der Waals surface area (Å²) in [5.74, 6) is 0. The second kappa shape index (κ2) is 4.49. The summed E-state index contributed by atoms with van der Waals surface area (Å²) < 4.78 is 15.9. The average molecular weight is 324 g/mol. The fourth-order valence-corrected chi connectivity index (χ4v) is 3.67. The van der Waals surface area contributed by atoms with Gasteiger partial charge in [-0.15, -0.1) is 0 Å². The minimum absolute atomic E-state index is 0.0646. The molecule has 126 valence electrons. The monoisotopic (exact) mass is 324 g/mol. The van der Waals surface area contributed by atoms with Gasteiger partial charge in [-0.3, -0.25) is 14.7 Å². The van der Waals surface area contributed by atoms with E-state index in [0.717, 1.165) is 0 Å². The molecule has 5 rings (SSSR count). The van der Waals surface area contributed by atoms with Crippen molar-refractivity contribution in [2.24, 2.45) is 0 Å². The van der Waals surface area contributed by atoms with Gasteiger partial charge in [0.1, 0.15) is 6.17 Å². The largest absolute Gasteiger partial charge is 0.371 e. The zero-order chi connectivity index (χ0) is 15.8. The smallest absolute Gasteiger partial charge is 0.323 e. The van der Waals surface area contributed by atoms with Gasteiger partial charge in [0.2, 0.25) is 0 Å². The van der Waals surface area contributed by atoms with Crippen LogP contribution in [0.25, 0.3) is 0 Å². The third-order valence-electron chi connectivity index (χ3n) is 5.28. The molecule has 5 heterocycles. The molecule has 0 spiro atoms. The van der Waals surface area contributed by atoms with Crippen LogP contribution in [0.15, 0.2) is 0 Å². The Morgan fingerprint density at radius 1 is 1.00 bits per heavy atom. The number of nitrogens with one attached hydrogen (secondary N) is 1. The number of epoxide rings is 3. The Morgan fingerprint density at radius 3 is 2.09 bits per heavy atom. The second-order valence-corrected chi connectivity index (χ2v) is 6.97. The van der Waals surface area contributed by atoms with Crippen molar-refractivity contribution in [3.63, 3.8) is 0 Å². The average Bonchev–Trinajstić information content (AvgIpc) is 3.37. The molecule has 4 amide bonds. The highest BCUT2D eigenvalue weighted by Gasteiger charge is 2.65. The van der Waals surface area contributed by atoms with Crippen molar-refractivity contribution in [3.05, 3.63) is 0 Å².